The summed E-state index contributed by atoms with van der Waals surface area (Å²) in [5, 5.41) is 1.23. The van der Waals surface area contributed by atoms with Crippen molar-refractivity contribution in [3.63, 3.8) is 0 Å². The number of carbonyl (C=O) groups excluding carboxylic acids is 1. The predicted molar refractivity (Wildman–Crippen MR) is 107 cm³/mol. The first-order chi connectivity index (χ1) is 12.3. The van der Waals surface area contributed by atoms with Gasteiger partial charge < -0.3 is 9.72 Å². The van der Waals surface area contributed by atoms with Gasteiger partial charge in [-0.25, -0.2) is 0 Å². The second-order valence-electron chi connectivity index (χ2n) is 7.92. The van der Waals surface area contributed by atoms with Gasteiger partial charge >= 0.3 is 5.97 Å². The minimum Gasteiger partial charge on any atom is -0.426 e. The molecular formula is C23H27NO2. The maximum Gasteiger partial charge on any atom is 0.311 e. The van der Waals surface area contributed by atoms with Crippen LogP contribution in [0.1, 0.15) is 50.3 Å². The van der Waals surface area contributed by atoms with E-state index in [0.717, 1.165) is 23.9 Å². The molecule has 26 heavy (non-hydrogen) atoms. The Morgan fingerprint density at radius 1 is 1.12 bits per heavy atom. The van der Waals surface area contributed by atoms with Crippen LogP contribution in [0.25, 0.3) is 10.9 Å². The summed E-state index contributed by atoms with van der Waals surface area (Å²) in [6.07, 6.45) is 4.09. The average molecular weight is 349 g/mol. The molecule has 0 amide bonds. The molecule has 0 aliphatic heterocycles. The van der Waals surface area contributed by atoms with Crippen molar-refractivity contribution in [2.75, 3.05) is 0 Å². The van der Waals surface area contributed by atoms with E-state index in [1.54, 1.807) is 0 Å². The zero-order valence-electron chi connectivity index (χ0n) is 16.1. The Kier molecular flexibility index (Phi) is 5.17. The number of hydrogen-bond acceptors (Lipinski definition) is 2. The van der Waals surface area contributed by atoms with Crippen molar-refractivity contribution < 1.29 is 9.53 Å². The van der Waals surface area contributed by atoms with Gasteiger partial charge in [0, 0.05) is 23.5 Å². The van der Waals surface area contributed by atoms with Crippen molar-refractivity contribution >= 4 is 16.9 Å². The number of aryl methyl sites for hydroxylation is 2. The topological polar surface area (TPSA) is 42.1 Å². The van der Waals surface area contributed by atoms with Gasteiger partial charge in [0.05, 0.1) is 0 Å². The first-order valence-corrected chi connectivity index (χ1v) is 9.21. The molecule has 0 atom stereocenters. The van der Waals surface area contributed by atoms with Crippen LogP contribution in [0.5, 0.6) is 5.75 Å². The number of aromatic nitrogens is 1. The summed E-state index contributed by atoms with van der Waals surface area (Å²) in [7, 11) is 0. The van der Waals surface area contributed by atoms with Crippen molar-refractivity contribution in [2.24, 2.45) is 0 Å². The van der Waals surface area contributed by atoms with Crippen LogP contribution in [-0.2, 0) is 16.6 Å². The number of ether oxygens (including phenoxy) is 1. The molecule has 1 aromatic heterocycles. The van der Waals surface area contributed by atoms with Crippen molar-refractivity contribution in [1.82, 2.24) is 4.98 Å². The number of nitrogens with one attached hydrogen (secondary N) is 1. The van der Waals surface area contributed by atoms with Gasteiger partial charge in [0.1, 0.15) is 5.75 Å². The standard InChI is InChI=1S/C23H27NO2/c1-16-14-18(23(2,3)4)12-13-21(16)26-22(25)11-7-8-17-15-24-20-10-6-5-9-19(17)20/h5-6,9-10,12-15,24H,7-8,11H2,1-4H3. The third-order valence-corrected chi connectivity index (χ3v) is 4.77. The van der Waals surface area contributed by atoms with Crippen LogP contribution in [0, 0.1) is 6.92 Å². The Morgan fingerprint density at radius 2 is 1.88 bits per heavy atom. The van der Waals surface area contributed by atoms with E-state index in [9.17, 15) is 4.79 Å². The highest BCUT2D eigenvalue weighted by molar-refractivity contribution is 5.83. The molecular weight excluding hydrogens is 322 g/mol. The molecule has 0 bridgehead atoms. The van der Waals surface area contributed by atoms with Gasteiger partial charge in [-0.2, -0.15) is 0 Å². The Bertz CT molecular complexity index is 915. The number of para-hydroxylation sites is 1. The highest BCUT2D eigenvalue weighted by atomic mass is 16.5. The fourth-order valence-corrected chi connectivity index (χ4v) is 3.17. The van der Waals surface area contributed by atoms with E-state index in [1.807, 2.05) is 37.4 Å². The van der Waals surface area contributed by atoms with Gasteiger partial charge in [0.2, 0.25) is 0 Å². The van der Waals surface area contributed by atoms with Gasteiger partial charge in [0.15, 0.2) is 0 Å². The maximum atomic E-state index is 12.2. The van der Waals surface area contributed by atoms with Crippen molar-refractivity contribution in [2.45, 2.75) is 52.4 Å². The molecule has 0 saturated carbocycles. The lowest BCUT2D eigenvalue weighted by Crippen LogP contribution is -2.13. The number of esters is 1. The fourth-order valence-electron chi connectivity index (χ4n) is 3.17. The molecule has 0 aliphatic rings. The van der Waals surface area contributed by atoms with Crippen LogP contribution in [0.2, 0.25) is 0 Å². The quantitative estimate of drug-likeness (QED) is 0.474. The molecule has 0 unspecified atom stereocenters. The number of rotatable bonds is 5. The van der Waals surface area contributed by atoms with Crippen molar-refractivity contribution in [3.05, 3.63) is 65.4 Å². The lowest BCUT2D eigenvalue weighted by molar-refractivity contribution is -0.134. The first kappa shape index (κ1) is 18.2. The van der Waals surface area contributed by atoms with Gasteiger partial charge in [-0.3, -0.25) is 4.79 Å². The summed E-state index contributed by atoms with van der Waals surface area (Å²) in [5.41, 5.74) is 4.72. The summed E-state index contributed by atoms with van der Waals surface area (Å²) in [4.78, 5) is 15.5. The predicted octanol–water partition coefficient (Wildman–Crippen LogP) is 5.70. The van der Waals surface area contributed by atoms with E-state index in [4.69, 9.17) is 4.74 Å². The molecule has 0 radical (unpaired) electrons. The molecule has 3 rings (SSSR count). The normalized spacial score (nSPS) is 11.7. The van der Waals surface area contributed by atoms with Crippen LogP contribution in [0.15, 0.2) is 48.7 Å². The molecule has 0 saturated heterocycles. The minimum absolute atomic E-state index is 0.0899. The van der Waals surface area contributed by atoms with Crippen LogP contribution >= 0.6 is 0 Å². The largest absolute Gasteiger partial charge is 0.426 e. The molecule has 1 N–H and O–H groups in total. The van der Waals surface area contributed by atoms with Gasteiger partial charge in [-0.1, -0.05) is 51.1 Å². The number of hydrogen-bond donors (Lipinski definition) is 1. The number of aromatic amines is 1. The van der Waals surface area contributed by atoms with Gasteiger partial charge in [0.25, 0.3) is 0 Å². The fraction of sp³-hybridized carbons (Fsp3) is 0.348. The van der Waals surface area contributed by atoms with Gasteiger partial charge in [-0.05, 0) is 54.0 Å². The SMILES string of the molecule is Cc1cc(C(C)(C)C)ccc1OC(=O)CCCc1c[nH]c2ccccc12. The van der Waals surface area contributed by atoms with E-state index < -0.39 is 0 Å². The monoisotopic (exact) mass is 349 g/mol. The molecule has 0 fully saturated rings. The second-order valence-corrected chi connectivity index (χ2v) is 7.92. The molecule has 3 nitrogen and oxygen atoms in total. The van der Waals surface area contributed by atoms with E-state index in [0.29, 0.717) is 12.2 Å². The Hall–Kier alpha value is -2.55. The van der Waals surface area contributed by atoms with Gasteiger partial charge in [-0.15, -0.1) is 0 Å². The third kappa shape index (κ3) is 4.16. The van der Waals surface area contributed by atoms with Crippen LogP contribution in [0.4, 0.5) is 0 Å². The van der Waals surface area contributed by atoms with E-state index >= 15 is 0 Å². The lowest BCUT2D eigenvalue weighted by atomic mass is 9.86. The smallest absolute Gasteiger partial charge is 0.311 e. The molecule has 136 valence electrons. The summed E-state index contributed by atoms with van der Waals surface area (Å²) in [5.74, 6) is 0.492. The van der Waals surface area contributed by atoms with E-state index in [1.165, 1.54) is 16.5 Å². The Morgan fingerprint density at radius 3 is 2.62 bits per heavy atom. The molecule has 3 heteroatoms. The molecule has 1 heterocycles. The summed E-state index contributed by atoms with van der Waals surface area (Å²) in [6, 6.07) is 14.3. The number of carbonyl (C=O) groups is 1. The van der Waals surface area contributed by atoms with Crippen molar-refractivity contribution in [1.29, 1.82) is 0 Å². The van der Waals surface area contributed by atoms with Crippen LogP contribution in [0.3, 0.4) is 0 Å². The van der Waals surface area contributed by atoms with Crippen LogP contribution < -0.4 is 4.74 Å². The average Bonchev–Trinajstić information content (AvgIpc) is 2.99. The minimum atomic E-state index is -0.170. The van der Waals surface area contributed by atoms with E-state index in [2.05, 4.69) is 44.0 Å². The highest BCUT2D eigenvalue weighted by Crippen LogP contribution is 2.28. The van der Waals surface area contributed by atoms with Crippen LogP contribution in [-0.4, -0.2) is 11.0 Å². The number of fused-ring (bicyclic) bond motifs is 1. The molecule has 0 aliphatic carbocycles. The highest BCUT2D eigenvalue weighted by Gasteiger charge is 2.16. The van der Waals surface area contributed by atoms with E-state index in [-0.39, 0.29) is 11.4 Å². The molecule has 3 aromatic rings. The number of benzene rings is 2. The molecule has 2 aromatic carbocycles. The number of H-pyrrole nitrogens is 1. The Labute approximate surface area is 155 Å². The first-order valence-electron chi connectivity index (χ1n) is 9.21. The lowest BCUT2D eigenvalue weighted by Gasteiger charge is -2.20. The zero-order chi connectivity index (χ0) is 18.7. The zero-order valence-corrected chi connectivity index (χ0v) is 16.1. The summed E-state index contributed by atoms with van der Waals surface area (Å²) in [6.45, 7) is 8.53. The summed E-state index contributed by atoms with van der Waals surface area (Å²) < 4.78 is 5.57. The molecule has 0 spiro atoms. The maximum absolute atomic E-state index is 12.2. The Balaban J connectivity index is 1.56. The summed E-state index contributed by atoms with van der Waals surface area (Å²) >= 11 is 0. The van der Waals surface area contributed by atoms with Crippen molar-refractivity contribution in [3.8, 4) is 5.75 Å². The third-order valence-electron chi connectivity index (χ3n) is 4.77. The second kappa shape index (κ2) is 7.36.